The van der Waals surface area contributed by atoms with Crippen LogP contribution in [0.4, 0.5) is 14.5 Å². The number of hydrogen-bond acceptors (Lipinski definition) is 3. The van der Waals surface area contributed by atoms with E-state index in [0.717, 1.165) is 18.2 Å². The van der Waals surface area contributed by atoms with Crippen molar-refractivity contribution in [2.45, 2.75) is 13.3 Å². The quantitative estimate of drug-likeness (QED) is 0.357. The normalized spacial score (nSPS) is 10.9. The van der Waals surface area contributed by atoms with Crippen LogP contribution in [0.25, 0.3) is 6.08 Å². The summed E-state index contributed by atoms with van der Waals surface area (Å²) in [5.41, 5.74) is 1.05. The number of aryl methyl sites for hydroxylation is 1. The lowest BCUT2D eigenvalue weighted by molar-refractivity contribution is -0.385. The molecule has 0 unspecified atom stereocenters. The average molecular weight is 317 g/mol. The highest BCUT2D eigenvalue weighted by molar-refractivity contribution is 6.06. The molecular formula is C17H13F2NO3. The molecule has 2 aromatic rings. The molecule has 0 atom stereocenters. The van der Waals surface area contributed by atoms with E-state index in [4.69, 9.17) is 0 Å². The van der Waals surface area contributed by atoms with E-state index in [2.05, 4.69) is 0 Å². The smallest absolute Gasteiger partial charge is 0.273 e. The molecule has 0 fully saturated rings. The molecule has 23 heavy (non-hydrogen) atoms. The highest BCUT2D eigenvalue weighted by Crippen LogP contribution is 2.21. The Morgan fingerprint density at radius 2 is 1.91 bits per heavy atom. The second-order valence-corrected chi connectivity index (χ2v) is 4.83. The average Bonchev–Trinajstić information content (AvgIpc) is 2.54. The molecule has 0 aromatic heterocycles. The summed E-state index contributed by atoms with van der Waals surface area (Å²) in [5.74, 6) is -2.66. The standard InChI is InChI=1S/C17H13F2NO3/c1-2-12-5-3-11(9-16(12)20(22)23)4-8-17(21)13-6-7-14(18)15(19)10-13/h3-10H,2H2,1H3/b8-4+. The van der Waals surface area contributed by atoms with Gasteiger partial charge in [-0.05, 0) is 36.3 Å². The molecule has 2 rings (SSSR count). The molecule has 0 amide bonds. The number of allylic oxidation sites excluding steroid dienone is 1. The van der Waals surface area contributed by atoms with E-state index < -0.39 is 22.3 Å². The van der Waals surface area contributed by atoms with Crippen LogP contribution in [0.15, 0.2) is 42.5 Å². The fourth-order valence-corrected chi connectivity index (χ4v) is 2.07. The van der Waals surface area contributed by atoms with E-state index in [-0.39, 0.29) is 11.3 Å². The first kappa shape index (κ1) is 16.5. The number of nitrogens with zero attached hydrogens (tertiary/aromatic N) is 1. The second-order valence-electron chi connectivity index (χ2n) is 4.83. The second kappa shape index (κ2) is 6.91. The van der Waals surface area contributed by atoms with E-state index >= 15 is 0 Å². The molecule has 0 bridgehead atoms. The summed E-state index contributed by atoms with van der Waals surface area (Å²) in [6, 6.07) is 7.50. The van der Waals surface area contributed by atoms with Crippen LogP contribution in [-0.2, 0) is 6.42 Å². The maximum absolute atomic E-state index is 13.1. The number of rotatable bonds is 5. The molecule has 2 aromatic carbocycles. The van der Waals surface area contributed by atoms with Crippen LogP contribution in [0.3, 0.4) is 0 Å². The van der Waals surface area contributed by atoms with E-state index in [0.29, 0.717) is 17.5 Å². The lowest BCUT2D eigenvalue weighted by Crippen LogP contribution is -1.97. The number of hydrogen-bond donors (Lipinski definition) is 0. The van der Waals surface area contributed by atoms with Gasteiger partial charge in [0.2, 0.25) is 0 Å². The molecule has 0 heterocycles. The summed E-state index contributed by atoms with van der Waals surface area (Å²) < 4.78 is 25.9. The third-order valence-corrected chi connectivity index (χ3v) is 3.32. The molecule has 0 radical (unpaired) electrons. The van der Waals surface area contributed by atoms with Crippen LogP contribution >= 0.6 is 0 Å². The van der Waals surface area contributed by atoms with Gasteiger partial charge in [0.25, 0.3) is 5.69 Å². The van der Waals surface area contributed by atoms with Crippen molar-refractivity contribution in [1.29, 1.82) is 0 Å². The molecule has 0 aliphatic rings. The summed E-state index contributed by atoms with van der Waals surface area (Å²) in [6.07, 6.45) is 3.08. The Hall–Kier alpha value is -2.89. The Balaban J connectivity index is 2.25. The Bertz CT molecular complexity index is 800. The van der Waals surface area contributed by atoms with E-state index in [1.54, 1.807) is 12.1 Å². The van der Waals surface area contributed by atoms with Crippen molar-refractivity contribution in [1.82, 2.24) is 0 Å². The lowest BCUT2D eigenvalue weighted by Gasteiger charge is -2.01. The molecule has 6 heteroatoms. The van der Waals surface area contributed by atoms with Gasteiger partial charge in [-0.25, -0.2) is 8.78 Å². The van der Waals surface area contributed by atoms with Gasteiger partial charge in [0, 0.05) is 17.2 Å². The molecule has 0 saturated heterocycles. The monoisotopic (exact) mass is 317 g/mol. The van der Waals surface area contributed by atoms with Gasteiger partial charge in [0.15, 0.2) is 17.4 Å². The topological polar surface area (TPSA) is 60.2 Å². The fourth-order valence-electron chi connectivity index (χ4n) is 2.07. The zero-order chi connectivity index (χ0) is 17.0. The van der Waals surface area contributed by atoms with Gasteiger partial charge in [-0.1, -0.05) is 25.1 Å². The minimum absolute atomic E-state index is 0.000159. The molecule has 4 nitrogen and oxygen atoms in total. The fraction of sp³-hybridized carbons (Fsp3) is 0.118. The molecule has 0 aliphatic heterocycles. The van der Waals surface area contributed by atoms with Crippen molar-refractivity contribution in [3.8, 4) is 0 Å². The number of ketones is 1. The van der Waals surface area contributed by atoms with E-state index in [1.165, 1.54) is 18.2 Å². The predicted molar refractivity (Wildman–Crippen MR) is 82.2 cm³/mol. The Morgan fingerprint density at radius 3 is 2.52 bits per heavy atom. The summed E-state index contributed by atoms with van der Waals surface area (Å²) in [5, 5.41) is 11.0. The van der Waals surface area contributed by atoms with Crippen LogP contribution in [0.1, 0.15) is 28.4 Å². The molecule has 0 spiro atoms. The van der Waals surface area contributed by atoms with E-state index in [1.807, 2.05) is 6.92 Å². The zero-order valence-electron chi connectivity index (χ0n) is 12.3. The third-order valence-electron chi connectivity index (χ3n) is 3.32. The third kappa shape index (κ3) is 3.85. The van der Waals surface area contributed by atoms with Gasteiger partial charge in [0.1, 0.15) is 0 Å². The number of halogens is 2. The van der Waals surface area contributed by atoms with Crippen molar-refractivity contribution in [2.24, 2.45) is 0 Å². The Labute approximate surface area is 131 Å². The molecule has 0 aliphatic carbocycles. The highest BCUT2D eigenvalue weighted by atomic mass is 19.2. The minimum Gasteiger partial charge on any atom is -0.289 e. The molecule has 0 N–H and O–H groups in total. The van der Waals surface area contributed by atoms with Crippen molar-refractivity contribution < 1.29 is 18.5 Å². The minimum atomic E-state index is -1.10. The maximum atomic E-state index is 13.1. The van der Waals surface area contributed by atoms with Crippen LogP contribution in [0.5, 0.6) is 0 Å². The van der Waals surface area contributed by atoms with Crippen molar-refractivity contribution in [3.63, 3.8) is 0 Å². The van der Waals surface area contributed by atoms with Crippen LogP contribution < -0.4 is 0 Å². The highest BCUT2D eigenvalue weighted by Gasteiger charge is 2.12. The van der Waals surface area contributed by atoms with Gasteiger partial charge in [0.05, 0.1) is 4.92 Å². The Kier molecular flexibility index (Phi) is 4.95. The maximum Gasteiger partial charge on any atom is 0.273 e. The number of benzene rings is 2. The van der Waals surface area contributed by atoms with Gasteiger partial charge < -0.3 is 0 Å². The number of nitro groups is 1. The van der Waals surface area contributed by atoms with Gasteiger partial charge >= 0.3 is 0 Å². The van der Waals surface area contributed by atoms with Crippen molar-refractivity contribution in [2.75, 3.05) is 0 Å². The van der Waals surface area contributed by atoms with Crippen LogP contribution in [-0.4, -0.2) is 10.7 Å². The molecule has 0 saturated carbocycles. The summed E-state index contributed by atoms with van der Waals surface area (Å²) >= 11 is 0. The summed E-state index contributed by atoms with van der Waals surface area (Å²) in [4.78, 5) is 22.4. The van der Waals surface area contributed by atoms with Crippen molar-refractivity contribution >= 4 is 17.5 Å². The zero-order valence-corrected chi connectivity index (χ0v) is 12.3. The molecular weight excluding hydrogens is 304 g/mol. The Morgan fingerprint density at radius 1 is 1.17 bits per heavy atom. The lowest BCUT2D eigenvalue weighted by atomic mass is 10.1. The molecule has 118 valence electrons. The van der Waals surface area contributed by atoms with Gasteiger partial charge in [-0.2, -0.15) is 0 Å². The van der Waals surface area contributed by atoms with E-state index in [9.17, 15) is 23.7 Å². The summed E-state index contributed by atoms with van der Waals surface area (Å²) in [6.45, 7) is 1.81. The number of carbonyl (C=O) groups is 1. The SMILES string of the molecule is CCc1ccc(/C=C/C(=O)c2ccc(F)c(F)c2)cc1[N+](=O)[O-]. The number of carbonyl (C=O) groups excluding carboxylic acids is 1. The van der Waals surface area contributed by atoms with Gasteiger partial charge in [-0.15, -0.1) is 0 Å². The largest absolute Gasteiger partial charge is 0.289 e. The first-order valence-corrected chi connectivity index (χ1v) is 6.87. The summed E-state index contributed by atoms with van der Waals surface area (Å²) in [7, 11) is 0. The van der Waals surface area contributed by atoms with Crippen molar-refractivity contribution in [3.05, 3.63) is 80.9 Å². The van der Waals surface area contributed by atoms with Crippen LogP contribution in [0.2, 0.25) is 0 Å². The predicted octanol–water partition coefficient (Wildman–Crippen LogP) is 4.33. The first-order chi connectivity index (χ1) is 10.9. The first-order valence-electron chi connectivity index (χ1n) is 6.87. The van der Waals surface area contributed by atoms with Crippen LogP contribution in [0, 0.1) is 21.7 Å². The van der Waals surface area contributed by atoms with Gasteiger partial charge in [-0.3, -0.25) is 14.9 Å². The number of nitro benzene ring substituents is 1.